The minimum atomic E-state index is -3.53. The lowest BCUT2D eigenvalue weighted by Gasteiger charge is -2.24. The first-order valence-electron chi connectivity index (χ1n) is 5.53. The summed E-state index contributed by atoms with van der Waals surface area (Å²) < 4.78 is 27.5. The average molecular weight is 249 g/mol. The monoisotopic (exact) mass is 249 g/mol. The van der Waals surface area contributed by atoms with E-state index in [2.05, 4.69) is 10.0 Å². The molecule has 0 spiro atoms. The quantitative estimate of drug-likeness (QED) is 0.701. The Morgan fingerprint density at radius 2 is 2.25 bits per heavy atom. The Kier molecular flexibility index (Phi) is 4.69. The molecule has 6 nitrogen and oxygen atoms in total. The predicted molar refractivity (Wildman–Crippen MR) is 61.0 cm³/mol. The molecule has 1 aliphatic heterocycles. The molecule has 1 heterocycles. The lowest BCUT2D eigenvalue weighted by Crippen LogP contribution is -2.49. The summed E-state index contributed by atoms with van der Waals surface area (Å²) in [5.41, 5.74) is 0. The first kappa shape index (κ1) is 13.4. The van der Waals surface area contributed by atoms with Gasteiger partial charge in [-0.3, -0.25) is 4.79 Å². The summed E-state index contributed by atoms with van der Waals surface area (Å²) in [5, 5.41) is 2.68. The van der Waals surface area contributed by atoms with Crippen LogP contribution in [0.25, 0.3) is 0 Å². The first-order valence-corrected chi connectivity index (χ1v) is 6.97. The van der Waals surface area contributed by atoms with Crippen molar-refractivity contribution in [1.29, 1.82) is 0 Å². The van der Waals surface area contributed by atoms with Crippen molar-refractivity contribution in [3.63, 3.8) is 0 Å². The molecule has 16 heavy (non-hydrogen) atoms. The molecule has 0 aliphatic carbocycles. The van der Waals surface area contributed by atoms with Crippen LogP contribution in [0.3, 0.4) is 0 Å². The largest absolute Gasteiger partial charge is 0.355 e. The second-order valence-electron chi connectivity index (χ2n) is 3.83. The van der Waals surface area contributed by atoms with Gasteiger partial charge in [-0.25, -0.2) is 4.72 Å². The molecule has 1 amide bonds. The number of rotatable bonds is 4. The highest BCUT2D eigenvalue weighted by Gasteiger charge is 2.32. The van der Waals surface area contributed by atoms with Crippen molar-refractivity contribution >= 4 is 16.1 Å². The predicted octanol–water partition coefficient (Wildman–Crippen LogP) is -0.559. The van der Waals surface area contributed by atoms with Gasteiger partial charge in [-0.2, -0.15) is 12.7 Å². The fourth-order valence-corrected chi connectivity index (χ4v) is 3.07. The zero-order valence-electron chi connectivity index (χ0n) is 9.69. The number of nitrogens with zero attached hydrogens (tertiary/aromatic N) is 1. The van der Waals surface area contributed by atoms with Gasteiger partial charge in [-0.15, -0.1) is 0 Å². The van der Waals surface area contributed by atoms with E-state index in [4.69, 9.17) is 0 Å². The third-order valence-electron chi connectivity index (χ3n) is 2.51. The number of amides is 1. The molecule has 0 radical (unpaired) electrons. The maximum absolute atomic E-state index is 11.9. The summed E-state index contributed by atoms with van der Waals surface area (Å²) in [6.07, 6.45) is 1.37. The molecule has 0 aromatic carbocycles. The summed E-state index contributed by atoms with van der Waals surface area (Å²) in [4.78, 5) is 11.5. The molecule has 1 atom stereocenters. The Hall–Kier alpha value is -0.660. The van der Waals surface area contributed by atoms with E-state index >= 15 is 0 Å². The third-order valence-corrected chi connectivity index (χ3v) is 4.19. The van der Waals surface area contributed by atoms with Crippen LogP contribution in [0.4, 0.5) is 0 Å². The van der Waals surface area contributed by atoms with Gasteiger partial charge < -0.3 is 5.32 Å². The van der Waals surface area contributed by atoms with Gasteiger partial charge in [0.25, 0.3) is 10.2 Å². The Balaban J connectivity index is 2.79. The lowest BCUT2D eigenvalue weighted by atomic mass is 10.3. The minimum Gasteiger partial charge on any atom is -0.355 e. The molecule has 0 aromatic rings. The van der Waals surface area contributed by atoms with Gasteiger partial charge in [0, 0.05) is 19.6 Å². The smallest absolute Gasteiger partial charge is 0.280 e. The zero-order valence-corrected chi connectivity index (χ0v) is 10.5. The molecule has 1 rings (SSSR count). The molecule has 1 saturated heterocycles. The van der Waals surface area contributed by atoms with E-state index in [1.54, 1.807) is 6.92 Å². The SMILES string of the molecule is CCCNS(=O)(=O)N1CCCNC(=O)C1C. The third kappa shape index (κ3) is 3.16. The van der Waals surface area contributed by atoms with Crippen LogP contribution in [-0.2, 0) is 15.0 Å². The van der Waals surface area contributed by atoms with E-state index in [0.717, 1.165) is 6.42 Å². The van der Waals surface area contributed by atoms with Gasteiger partial charge >= 0.3 is 0 Å². The van der Waals surface area contributed by atoms with E-state index in [0.29, 0.717) is 26.1 Å². The minimum absolute atomic E-state index is 0.237. The number of hydrogen-bond donors (Lipinski definition) is 2. The molecule has 1 unspecified atom stereocenters. The molecular weight excluding hydrogens is 230 g/mol. The van der Waals surface area contributed by atoms with E-state index in [9.17, 15) is 13.2 Å². The van der Waals surface area contributed by atoms with E-state index in [-0.39, 0.29) is 5.91 Å². The molecule has 0 aromatic heterocycles. The molecule has 1 fully saturated rings. The highest BCUT2D eigenvalue weighted by molar-refractivity contribution is 7.87. The highest BCUT2D eigenvalue weighted by atomic mass is 32.2. The summed E-state index contributed by atoms with van der Waals surface area (Å²) in [6.45, 7) is 4.79. The number of carbonyl (C=O) groups excluding carboxylic acids is 1. The molecule has 94 valence electrons. The standard InChI is InChI=1S/C9H19N3O3S/c1-3-5-11-16(14,15)12-7-4-6-10-9(13)8(12)2/h8,11H,3-7H2,1-2H3,(H,10,13). The Morgan fingerprint density at radius 3 is 2.88 bits per heavy atom. The normalized spacial score (nSPS) is 23.9. The number of hydrogen-bond acceptors (Lipinski definition) is 3. The number of nitrogens with one attached hydrogen (secondary N) is 2. The van der Waals surface area contributed by atoms with Crippen LogP contribution in [-0.4, -0.2) is 44.3 Å². The van der Waals surface area contributed by atoms with Crippen molar-refractivity contribution in [3.8, 4) is 0 Å². The topological polar surface area (TPSA) is 78.5 Å². The van der Waals surface area contributed by atoms with Crippen LogP contribution in [0.2, 0.25) is 0 Å². The van der Waals surface area contributed by atoms with Crippen LogP contribution in [0, 0.1) is 0 Å². The van der Waals surface area contributed by atoms with E-state index in [1.165, 1.54) is 4.31 Å². The molecule has 0 bridgehead atoms. The zero-order chi connectivity index (χ0) is 12.2. The van der Waals surface area contributed by atoms with Crippen LogP contribution in [0.5, 0.6) is 0 Å². The van der Waals surface area contributed by atoms with E-state index in [1.807, 2.05) is 6.92 Å². The van der Waals surface area contributed by atoms with Gasteiger partial charge in [0.2, 0.25) is 5.91 Å². The van der Waals surface area contributed by atoms with Crippen molar-refractivity contribution in [3.05, 3.63) is 0 Å². The molecule has 0 saturated carbocycles. The van der Waals surface area contributed by atoms with Crippen LogP contribution < -0.4 is 10.0 Å². The lowest BCUT2D eigenvalue weighted by molar-refractivity contribution is -0.123. The van der Waals surface area contributed by atoms with Gasteiger partial charge in [-0.05, 0) is 19.8 Å². The van der Waals surface area contributed by atoms with Crippen LogP contribution in [0.1, 0.15) is 26.7 Å². The van der Waals surface area contributed by atoms with Gasteiger partial charge in [0.05, 0.1) is 0 Å². The fourth-order valence-electron chi connectivity index (χ4n) is 1.56. The molecule has 1 aliphatic rings. The Bertz CT molecular complexity index is 342. The van der Waals surface area contributed by atoms with Crippen molar-refractivity contribution in [2.75, 3.05) is 19.6 Å². The highest BCUT2D eigenvalue weighted by Crippen LogP contribution is 2.09. The average Bonchev–Trinajstić information content (AvgIpc) is 2.40. The van der Waals surface area contributed by atoms with Crippen molar-refractivity contribution in [1.82, 2.24) is 14.3 Å². The summed E-state index contributed by atoms with van der Waals surface area (Å²) in [7, 11) is -3.53. The van der Waals surface area contributed by atoms with Crippen molar-refractivity contribution in [2.24, 2.45) is 0 Å². The molecular formula is C9H19N3O3S. The van der Waals surface area contributed by atoms with E-state index < -0.39 is 16.3 Å². The maximum Gasteiger partial charge on any atom is 0.280 e. The summed E-state index contributed by atoms with van der Waals surface area (Å²) >= 11 is 0. The van der Waals surface area contributed by atoms with Crippen molar-refractivity contribution in [2.45, 2.75) is 32.7 Å². The van der Waals surface area contributed by atoms with Gasteiger partial charge in [-0.1, -0.05) is 6.92 Å². The maximum atomic E-state index is 11.9. The molecule has 7 heteroatoms. The van der Waals surface area contributed by atoms with Crippen LogP contribution >= 0.6 is 0 Å². The molecule has 2 N–H and O–H groups in total. The summed E-state index contributed by atoms with van der Waals surface area (Å²) in [6, 6.07) is -0.642. The first-order chi connectivity index (χ1) is 7.49. The van der Waals surface area contributed by atoms with Crippen molar-refractivity contribution < 1.29 is 13.2 Å². The summed E-state index contributed by atoms with van der Waals surface area (Å²) in [5.74, 6) is -0.237. The Labute approximate surface area is 96.6 Å². The van der Waals surface area contributed by atoms with Crippen LogP contribution in [0.15, 0.2) is 0 Å². The second kappa shape index (κ2) is 5.60. The second-order valence-corrected chi connectivity index (χ2v) is 5.54. The van der Waals surface area contributed by atoms with Gasteiger partial charge in [0.1, 0.15) is 6.04 Å². The number of carbonyl (C=O) groups is 1. The Morgan fingerprint density at radius 1 is 1.56 bits per heavy atom. The van der Waals surface area contributed by atoms with Gasteiger partial charge in [0.15, 0.2) is 0 Å². The fraction of sp³-hybridized carbons (Fsp3) is 0.889.